The van der Waals surface area contributed by atoms with E-state index in [4.69, 9.17) is 4.98 Å². The molecule has 1 amide bonds. The predicted octanol–water partition coefficient (Wildman–Crippen LogP) is 4.05. The number of carbonyl (C=O) groups excluding carboxylic acids is 1. The molecule has 4 aromatic rings. The van der Waals surface area contributed by atoms with Gasteiger partial charge in [0.25, 0.3) is 0 Å². The van der Waals surface area contributed by atoms with Crippen LogP contribution in [0.2, 0.25) is 0 Å². The van der Waals surface area contributed by atoms with Gasteiger partial charge < -0.3 is 14.6 Å². The van der Waals surface area contributed by atoms with E-state index in [9.17, 15) is 4.79 Å². The summed E-state index contributed by atoms with van der Waals surface area (Å²) in [5.41, 5.74) is 4.83. The number of fused-ring (bicyclic) bond motifs is 3. The Kier molecular flexibility index (Phi) is 4.39. The number of aromatic nitrogens is 3. The Morgan fingerprint density at radius 3 is 2.72 bits per heavy atom. The van der Waals surface area contributed by atoms with Gasteiger partial charge >= 0.3 is 0 Å². The fourth-order valence-electron chi connectivity index (χ4n) is 4.15. The Morgan fingerprint density at radius 1 is 1.07 bits per heavy atom. The van der Waals surface area contributed by atoms with Gasteiger partial charge in [0.15, 0.2) is 11.5 Å². The number of hydrogen-bond acceptors (Lipinski definition) is 4. The fourth-order valence-corrected chi connectivity index (χ4v) is 4.15. The van der Waals surface area contributed by atoms with Crippen molar-refractivity contribution < 1.29 is 4.79 Å². The second kappa shape index (κ2) is 7.20. The fraction of sp³-hybridized carbons (Fsp3) is 0.261. The minimum absolute atomic E-state index is 0.0214. The number of benzene rings is 1. The van der Waals surface area contributed by atoms with Crippen LogP contribution in [-0.2, 0) is 4.79 Å². The van der Waals surface area contributed by atoms with E-state index in [1.54, 1.807) is 6.20 Å². The van der Waals surface area contributed by atoms with Crippen LogP contribution in [-0.4, -0.2) is 33.4 Å². The molecular weight excluding hydrogens is 362 g/mol. The first-order valence-electron chi connectivity index (χ1n) is 10.0. The lowest BCUT2D eigenvalue weighted by atomic mass is 9.95. The van der Waals surface area contributed by atoms with E-state index in [0.29, 0.717) is 0 Å². The molecule has 0 bridgehead atoms. The summed E-state index contributed by atoms with van der Waals surface area (Å²) in [6, 6.07) is 16.0. The lowest BCUT2D eigenvalue weighted by Gasteiger charge is -2.32. The Labute approximate surface area is 169 Å². The average Bonchev–Trinajstić information content (AvgIpc) is 3.24. The molecular formula is C23H23N5O. The number of hydrogen-bond donors (Lipinski definition) is 1. The summed E-state index contributed by atoms with van der Waals surface area (Å²) in [5, 5.41) is 3.07. The van der Waals surface area contributed by atoms with Gasteiger partial charge in [0, 0.05) is 37.1 Å². The summed E-state index contributed by atoms with van der Waals surface area (Å²) in [4.78, 5) is 24.3. The van der Waals surface area contributed by atoms with E-state index in [2.05, 4.69) is 25.7 Å². The number of pyridine rings is 1. The molecule has 1 aliphatic rings. The zero-order valence-electron chi connectivity index (χ0n) is 16.4. The maximum Gasteiger partial charge on any atom is 0.227 e. The first-order chi connectivity index (χ1) is 14.2. The molecule has 0 radical (unpaired) electrons. The second-order valence-corrected chi connectivity index (χ2v) is 7.67. The third kappa shape index (κ3) is 3.31. The van der Waals surface area contributed by atoms with Gasteiger partial charge in [0.2, 0.25) is 5.91 Å². The molecule has 6 heteroatoms. The predicted molar refractivity (Wildman–Crippen MR) is 115 cm³/mol. The van der Waals surface area contributed by atoms with Crippen LogP contribution >= 0.6 is 0 Å². The Balaban J connectivity index is 1.34. The third-order valence-corrected chi connectivity index (χ3v) is 5.67. The highest BCUT2D eigenvalue weighted by Gasteiger charge is 2.27. The van der Waals surface area contributed by atoms with E-state index in [1.807, 2.05) is 55.6 Å². The Hall–Kier alpha value is -3.41. The highest BCUT2D eigenvalue weighted by atomic mass is 16.1. The van der Waals surface area contributed by atoms with Crippen molar-refractivity contribution in [3.8, 4) is 0 Å². The van der Waals surface area contributed by atoms with Crippen molar-refractivity contribution in [1.29, 1.82) is 0 Å². The molecule has 146 valence electrons. The Bertz CT molecular complexity index is 1190. The lowest BCUT2D eigenvalue weighted by molar-refractivity contribution is -0.120. The number of anilines is 2. The molecule has 1 aromatic carbocycles. The minimum atomic E-state index is 0.0214. The van der Waals surface area contributed by atoms with Crippen LogP contribution in [0.1, 0.15) is 18.4 Å². The first-order valence-corrected chi connectivity index (χ1v) is 10.0. The first kappa shape index (κ1) is 17.7. The maximum atomic E-state index is 12.7. The number of piperidine rings is 1. The van der Waals surface area contributed by atoms with Crippen LogP contribution in [0.5, 0.6) is 0 Å². The zero-order valence-corrected chi connectivity index (χ0v) is 16.4. The average molecular weight is 385 g/mol. The molecule has 29 heavy (non-hydrogen) atoms. The SMILES string of the molecule is Cc1cccc(NC(=O)C2CCN(c3nc4ncccc4n4cccc34)CC2)c1. The summed E-state index contributed by atoms with van der Waals surface area (Å²) in [6.07, 6.45) is 5.45. The number of nitrogens with one attached hydrogen (secondary N) is 1. The zero-order chi connectivity index (χ0) is 19.8. The lowest BCUT2D eigenvalue weighted by Crippen LogP contribution is -2.38. The summed E-state index contributed by atoms with van der Waals surface area (Å²) in [7, 11) is 0. The molecule has 1 fully saturated rings. The van der Waals surface area contributed by atoms with Gasteiger partial charge in [0.1, 0.15) is 0 Å². The monoisotopic (exact) mass is 385 g/mol. The number of carbonyl (C=O) groups is 1. The number of amides is 1. The molecule has 5 rings (SSSR count). The highest BCUT2D eigenvalue weighted by molar-refractivity contribution is 5.93. The van der Waals surface area contributed by atoms with Crippen molar-refractivity contribution in [3.63, 3.8) is 0 Å². The molecule has 0 unspecified atom stereocenters. The van der Waals surface area contributed by atoms with Crippen molar-refractivity contribution in [1.82, 2.24) is 14.4 Å². The maximum absolute atomic E-state index is 12.7. The van der Waals surface area contributed by atoms with Gasteiger partial charge in [-0.1, -0.05) is 12.1 Å². The molecule has 1 saturated heterocycles. The molecule has 0 atom stereocenters. The summed E-state index contributed by atoms with van der Waals surface area (Å²) in [5.74, 6) is 1.07. The summed E-state index contributed by atoms with van der Waals surface area (Å²) in [6.45, 7) is 3.64. The molecule has 1 aliphatic heterocycles. The van der Waals surface area contributed by atoms with Crippen LogP contribution in [0.15, 0.2) is 60.9 Å². The molecule has 6 nitrogen and oxygen atoms in total. The van der Waals surface area contributed by atoms with Crippen molar-refractivity contribution in [2.24, 2.45) is 5.92 Å². The molecule has 0 spiro atoms. The summed E-state index contributed by atoms with van der Waals surface area (Å²) < 4.78 is 2.14. The van der Waals surface area contributed by atoms with Gasteiger partial charge in [-0.2, -0.15) is 0 Å². The van der Waals surface area contributed by atoms with Crippen LogP contribution in [0.3, 0.4) is 0 Å². The van der Waals surface area contributed by atoms with E-state index >= 15 is 0 Å². The number of rotatable bonds is 3. The third-order valence-electron chi connectivity index (χ3n) is 5.67. The summed E-state index contributed by atoms with van der Waals surface area (Å²) >= 11 is 0. The van der Waals surface area contributed by atoms with E-state index < -0.39 is 0 Å². The Morgan fingerprint density at radius 2 is 1.90 bits per heavy atom. The largest absolute Gasteiger partial charge is 0.355 e. The molecule has 0 saturated carbocycles. The van der Waals surface area contributed by atoms with Gasteiger partial charge in [-0.05, 0) is 61.7 Å². The number of aryl methyl sites for hydroxylation is 1. The van der Waals surface area contributed by atoms with Crippen molar-refractivity contribution in [2.75, 3.05) is 23.3 Å². The van der Waals surface area contributed by atoms with E-state index in [0.717, 1.165) is 59.7 Å². The van der Waals surface area contributed by atoms with Crippen LogP contribution in [0.25, 0.3) is 16.7 Å². The van der Waals surface area contributed by atoms with Crippen LogP contribution < -0.4 is 10.2 Å². The normalized spacial score (nSPS) is 15.1. The van der Waals surface area contributed by atoms with Crippen molar-refractivity contribution in [3.05, 3.63) is 66.5 Å². The highest BCUT2D eigenvalue weighted by Crippen LogP contribution is 2.29. The minimum Gasteiger partial charge on any atom is -0.355 e. The second-order valence-electron chi connectivity index (χ2n) is 7.67. The quantitative estimate of drug-likeness (QED) is 0.578. The van der Waals surface area contributed by atoms with Crippen LogP contribution in [0, 0.1) is 12.8 Å². The molecule has 3 aromatic heterocycles. The van der Waals surface area contributed by atoms with Gasteiger partial charge in [-0.15, -0.1) is 0 Å². The molecule has 1 N–H and O–H groups in total. The standard InChI is InChI=1S/C23H23N5O/c1-16-5-2-6-18(15-16)25-23(29)17-9-13-27(14-10-17)22-20-8-4-12-28(20)19-7-3-11-24-21(19)26-22/h2-8,11-12,15,17H,9-10,13-14H2,1H3,(H,25,29). The van der Waals surface area contributed by atoms with Crippen LogP contribution in [0.4, 0.5) is 11.5 Å². The number of nitrogens with zero attached hydrogens (tertiary/aromatic N) is 4. The molecule has 0 aliphatic carbocycles. The van der Waals surface area contributed by atoms with E-state index in [1.165, 1.54) is 0 Å². The molecule has 4 heterocycles. The van der Waals surface area contributed by atoms with Gasteiger partial charge in [-0.25, -0.2) is 9.97 Å². The van der Waals surface area contributed by atoms with E-state index in [-0.39, 0.29) is 11.8 Å². The van der Waals surface area contributed by atoms with Gasteiger partial charge in [-0.3, -0.25) is 4.79 Å². The van der Waals surface area contributed by atoms with Crippen molar-refractivity contribution >= 4 is 34.1 Å². The smallest absolute Gasteiger partial charge is 0.227 e. The van der Waals surface area contributed by atoms with Crippen molar-refractivity contribution in [2.45, 2.75) is 19.8 Å². The topological polar surface area (TPSA) is 62.5 Å². The van der Waals surface area contributed by atoms with Gasteiger partial charge in [0.05, 0.1) is 11.0 Å².